The first-order chi connectivity index (χ1) is 9.87. The van der Waals surface area contributed by atoms with E-state index in [2.05, 4.69) is 26.9 Å². The Kier molecular flexibility index (Phi) is 11.7. The quantitative estimate of drug-likeness (QED) is 0.361. The lowest BCUT2D eigenvalue weighted by Crippen LogP contribution is -2.47. The van der Waals surface area contributed by atoms with Crippen molar-refractivity contribution in [3.63, 3.8) is 0 Å². The maximum absolute atomic E-state index is 5.67. The number of hydrogen-bond donors (Lipinski definition) is 0. The molecule has 0 aromatic heterocycles. The Morgan fingerprint density at radius 2 is 1.00 bits per heavy atom. The average Bonchev–Trinajstić information content (AvgIpc) is 2.53. The van der Waals surface area contributed by atoms with Crippen LogP contribution in [0.1, 0.15) is 26.7 Å². The van der Waals surface area contributed by atoms with Gasteiger partial charge in [0.2, 0.25) is 0 Å². The van der Waals surface area contributed by atoms with Crippen LogP contribution in [0.3, 0.4) is 0 Å². The molecule has 0 rings (SSSR count). The molecule has 4 nitrogen and oxygen atoms in total. The second-order valence-electron chi connectivity index (χ2n) is 4.90. The van der Waals surface area contributed by atoms with Crippen molar-refractivity contribution in [3.05, 3.63) is 0 Å². The maximum Gasteiger partial charge on any atom is 0.348 e. The normalized spacial score (nSPS) is 16.0. The lowest BCUT2D eigenvalue weighted by Gasteiger charge is -2.32. The molecule has 0 aliphatic carbocycles. The van der Waals surface area contributed by atoms with E-state index in [0.717, 1.165) is 12.8 Å². The fourth-order valence-electron chi connectivity index (χ4n) is 1.86. The van der Waals surface area contributed by atoms with Crippen LogP contribution < -0.4 is 0 Å². The minimum absolute atomic E-state index is 0.403. The second kappa shape index (κ2) is 11.0. The molecule has 2 atom stereocenters. The van der Waals surface area contributed by atoms with Crippen molar-refractivity contribution in [2.75, 3.05) is 28.4 Å². The molecule has 2 unspecified atom stereocenters. The van der Waals surface area contributed by atoms with E-state index in [0.29, 0.717) is 9.75 Å². The summed E-state index contributed by atoms with van der Waals surface area (Å²) >= 11 is 0. The summed E-state index contributed by atoms with van der Waals surface area (Å²) in [7, 11) is 8.37. The van der Waals surface area contributed by atoms with Crippen molar-refractivity contribution in [3.8, 4) is 0 Å². The van der Waals surface area contributed by atoms with Crippen LogP contribution in [0.4, 0.5) is 0 Å². The molecule has 0 spiro atoms. The van der Waals surface area contributed by atoms with E-state index in [-0.39, 0.29) is 0 Å². The van der Waals surface area contributed by atoms with Gasteiger partial charge in [-0.2, -0.15) is 0 Å². The largest absolute Gasteiger partial charge is 0.397 e. The van der Waals surface area contributed by atoms with Crippen LogP contribution in [0.2, 0.25) is 13.1 Å². The summed E-state index contributed by atoms with van der Waals surface area (Å²) in [6.07, 6.45) is 2.09. The van der Waals surface area contributed by atoms with Gasteiger partial charge in [0.25, 0.3) is 0 Å². The van der Waals surface area contributed by atoms with Gasteiger partial charge in [-0.25, -0.2) is 0 Å². The first-order valence-corrected chi connectivity index (χ1v) is 15.5. The summed E-state index contributed by atoms with van der Waals surface area (Å²) in [6.45, 7) is 8.62. The van der Waals surface area contributed by atoms with Crippen molar-refractivity contribution in [2.45, 2.75) is 49.5 Å². The Morgan fingerprint density at radius 1 is 0.714 bits per heavy atom. The fourth-order valence-corrected chi connectivity index (χ4v) is 16.7. The van der Waals surface area contributed by atoms with Crippen LogP contribution in [-0.4, -0.2) is 55.3 Å². The van der Waals surface area contributed by atoms with Crippen molar-refractivity contribution < 1.29 is 17.7 Å². The van der Waals surface area contributed by atoms with Crippen molar-refractivity contribution in [1.29, 1.82) is 0 Å². The summed E-state index contributed by atoms with van der Waals surface area (Å²) in [6, 6.07) is 0. The monoisotopic (exact) mass is 390 g/mol. The SMILES string of the molecule is CCC(SSSC(CC)[Si](C)(OC)OC)[Si](C)(OC)OC. The zero-order valence-corrected chi connectivity index (χ0v) is 18.9. The van der Waals surface area contributed by atoms with Crippen LogP contribution in [0.5, 0.6) is 0 Å². The van der Waals surface area contributed by atoms with Crippen molar-refractivity contribution in [2.24, 2.45) is 0 Å². The van der Waals surface area contributed by atoms with Crippen LogP contribution >= 0.6 is 31.4 Å². The summed E-state index contributed by atoms with van der Waals surface area (Å²) < 4.78 is 22.7. The zero-order chi connectivity index (χ0) is 16.5. The highest BCUT2D eigenvalue weighted by Gasteiger charge is 2.42. The standard InChI is InChI=1S/C12H30O4S3Si2/c1-9-11(20(7,13-3)14-4)17-19-18-12(10-2)21(8,15-5)16-6/h11-12H,9-10H2,1-8H3. The van der Waals surface area contributed by atoms with E-state index in [9.17, 15) is 0 Å². The molecule has 0 bridgehead atoms. The molecular weight excluding hydrogens is 361 g/mol. The summed E-state index contributed by atoms with van der Waals surface area (Å²) in [4.78, 5) is 0.807. The van der Waals surface area contributed by atoms with Crippen molar-refractivity contribution in [1.82, 2.24) is 0 Å². The number of rotatable bonds is 12. The Bertz CT molecular complexity index is 253. The van der Waals surface area contributed by atoms with Gasteiger partial charge < -0.3 is 17.7 Å². The van der Waals surface area contributed by atoms with E-state index in [1.54, 1.807) is 28.4 Å². The second-order valence-corrected chi connectivity index (χ2v) is 17.3. The lowest BCUT2D eigenvalue weighted by molar-refractivity contribution is 0.246. The average molecular weight is 391 g/mol. The molecule has 21 heavy (non-hydrogen) atoms. The van der Waals surface area contributed by atoms with Gasteiger partial charge in [0.15, 0.2) is 0 Å². The highest BCUT2D eigenvalue weighted by Crippen LogP contribution is 2.46. The van der Waals surface area contributed by atoms with E-state index in [1.807, 2.05) is 31.4 Å². The molecule has 0 saturated carbocycles. The topological polar surface area (TPSA) is 36.9 Å². The highest BCUT2D eigenvalue weighted by atomic mass is 33.5. The van der Waals surface area contributed by atoms with Crippen molar-refractivity contribution >= 4 is 48.5 Å². The molecule has 0 heterocycles. The minimum Gasteiger partial charge on any atom is -0.397 e. The molecule has 0 aromatic carbocycles. The number of hydrogen-bond acceptors (Lipinski definition) is 7. The molecule has 0 saturated heterocycles. The molecule has 9 heteroatoms. The molecule has 0 radical (unpaired) electrons. The predicted octanol–water partition coefficient (Wildman–Crippen LogP) is 4.38. The van der Waals surface area contributed by atoms with E-state index in [4.69, 9.17) is 17.7 Å². The van der Waals surface area contributed by atoms with Gasteiger partial charge in [-0.1, -0.05) is 35.4 Å². The summed E-state index contributed by atoms with van der Waals surface area (Å²) in [5, 5.41) is 0. The molecule has 0 fully saturated rings. The third-order valence-corrected chi connectivity index (χ3v) is 19.1. The highest BCUT2D eigenvalue weighted by molar-refractivity contribution is 9.09. The maximum atomic E-state index is 5.67. The fraction of sp³-hybridized carbons (Fsp3) is 1.00. The van der Waals surface area contributed by atoms with Gasteiger partial charge >= 0.3 is 17.1 Å². The first-order valence-electron chi connectivity index (χ1n) is 7.06. The third-order valence-electron chi connectivity index (χ3n) is 3.84. The molecule has 128 valence electrons. The third kappa shape index (κ3) is 6.38. The van der Waals surface area contributed by atoms with E-state index < -0.39 is 17.1 Å². The predicted molar refractivity (Wildman–Crippen MR) is 102 cm³/mol. The van der Waals surface area contributed by atoms with Gasteiger partial charge in [-0.15, -0.1) is 0 Å². The smallest absolute Gasteiger partial charge is 0.348 e. The molecule has 0 amide bonds. The minimum atomic E-state index is -2.09. The van der Waals surface area contributed by atoms with Gasteiger partial charge in [0.05, 0.1) is 9.75 Å². The van der Waals surface area contributed by atoms with Crippen LogP contribution in [0, 0.1) is 0 Å². The zero-order valence-electron chi connectivity index (χ0n) is 14.4. The van der Waals surface area contributed by atoms with E-state index in [1.165, 1.54) is 0 Å². The summed E-state index contributed by atoms with van der Waals surface area (Å²) in [5.74, 6) is 0. The van der Waals surface area contributed by atoms with Gasteiger partial charge in [0, 0.05) is 28.4 Å². The molecule has 0 aromatic rings. The molecule has 0 aliphatic heterocycles. The molecule has 0 N–H and O–H groups in total. The van der Waals surface area contributed by atoms with Crippen LogP contribution in [0.25, 0.3) is 0 Å². The Balaban J connectivity index is 4.56. The Morgan fingerprint density at radius 3 is 1.19 bits per heavy atom. The van der Waals surface area contributed by atoms with Crippen LogP contribution in [0.15, 0.2) is 0 Å². The Labute approximate surface area is 144 Å². The van der Waals surface area contributed by atoms with Gasteiger partial charge in [-0.05, 0) is 35.8 Å². The molecular formula is C12H30O4S3Si2. The lowest BCUT2D eigenvalue weighted by atomic mass is 10.6. The summed E-state index contributed by atoms with van der Waals surface area (Å²) in [5.41, 5.74) is 0. The van der Waals surface area contributed by atoms with Crippen LogP contribution in [-0.2, 0) is 17.7 Å². The van der Waals surface area contributed by atoms with E-state index >= 15 is 0 Å². The Hall–Kier alpha value is 1.32. The van der Waals surface area contributed by atoms with Gasteiger partial charge in [-0.3, -0.25) is 0 Å². The molecule has 0 aliphatic rings. The van der Waals surface area contributed by atoms with Gasteiger partial charge in [0.1, 0.15) is 0 Å². The first kappa shape index (κ1) is 22.3.